The summed E-state index contributed by atoms with van der Waals surface area (Å²) < 4.78 is 63.2. The van der Waals surface area contributed by atoms with E-state index in [0.29, 0.717) is 0 Å². The van der Waals surface area contributed by atoms with Gasteiger partial charge in [-0.3, -0.25) is 18.2 Å². The van der Waals surface area contributed by atoms with Crippen LogP contribution in [-0.2, 0) is 40.3 Å². The molecular weight excluding hydrogens is 376 g/mol. The largest absolute Gasteiger partial charge is 0 e. The van der Waals surface area contributed by atoms with Crippen LogP contribution in [0, 0.1) is 0 Å². The zero-order valence-corrected chi connectivity index (χ0v) is 14.3. The Bertz CT molecular complexity index is 213. The third kappa shape index (κ3) is 854. The van der Waals surface area contributed by atoms with Crippen LogP contribution in [-0.4, -0.2) is 59.0 Å². The second-order valence-corrected chi connectivity index (χ2v) is 2.69. The summed E-state index contributed by atoms with van der Waals surface area (Å²) in [5, 5.41) is 0. The van der Waals surface area contributed by atoms with E-state index in [4.69, 9.17) is 35.0 Å². The minimum atomic E-state index is -4.67. The fraction of sp³-hybridized carbons (Fsp3) is 0. The molecule has 12 heteroatoms. The third-order valence-corrected chi connectivity index (χ3v) is 0. The monoisotopic (exact) mass is 382 g/mol. The van der Waals surface area contributed by atoms with Gasteiger partial charge >= 0.3 is 44.7 Å². The van der Waals surface area contributed by atoms with Crippen LogP contribution < -0.4 is 0 Å². The molecular formula is H6O8S2SnZn. The van der Waals surface area contributed by atoms with Gasteiger partial charge in [0.05, 0.1) is 0 Å². The summed E-state index contributed by atoms with van der Waals surface area (Å²) in [7, 11) is -9.33. The number of hydrogen-bond donors (Lipinski definition) is 4. The van der Waals surface area contributed by atoms with Crippen molar-refractivity contribution in [1.82, 2.24) is 0 Å². The van der Waals surface area contributed by atoms with Crippen molar-refractivity contribution < 1.29 is 54.5 Å². The zero-order valence-electron chi connectivity index (χ0n) is 5.65. The Kier molecular flexibility index (Phi) is 16.9. The van der Waals surface area contributed by atoms with Gasteiger partial charge in [0.1, 0.15) is 0 Å². The van der Waals surface area contributed by atoms with Gasteiger partial charge in [0.25, 0.3) is 0 Å². The average Bonchev–Trinajstić information content (AvgIpc) is 1.12. The minimum absolute atomic E-state index is 0. The molecule has 0 aliphatic heterocycles. The van der Waals surface area contributed by atoms with E-state index in [-0.39, 0.29) is 43.4 Å². The smallest absolute Gasteiger partial charge is 0 e. The topological polar surface area (TPSA) is 149 Å². The summed E-state index contributed by atoms with van der Waals surface area (Å²) in [6.45, 7) is 0. The van der Waals surface area contributed by atoms with E-state index in [1.54, 1.807) is 0 Å². The molecule has 72 valence electrons. The van der Waals surface area contributed by atoms with Crippen LogP contribution in [0.2, 0.25) is 0 Å². The Hall–Kier alpha value is 1.16. The molecule has 0 fully saturated rings. The van der Waals surface area contributed by atoms with Gasteiger partial charge in [-0.1, -0.05) is 0 Å². The Morgan fingerprint density at radius 3 is 0.667 bits per heavy atom. The molecule has 8 nitrogen and oxygen atoms in total. The van der Waals surface area contributed by atoms with Crippen molar-refractivity contribution >= 4 is 44.7 Å². The van der Waals surface area contributed by atoms with E-state index >= 15 is 0 Å². The van der Waals surface area contributed by atoms with E-state index in [1.807, 2.05) is 0 Å². The molecule has 0 saturated carbocycles. The summed E-state index contributed by atoms with van der Waals surface area (Å²) in [5.41, 5.74) is 0. The molecule has 0 aliphatic carbocycles. The van der Waals surface area contributed by atoms with Gasteiger partial charge in [0.2, 0.25) is 0 Å². The van der Waals surface area contributed by atoms with Crippen LogP contribution in [0.15, 0.2) is 0 Å². The molecule has 0 rings (SSSR count). The van der Waals surface area contributed by atoms with Crippen LogP contribution >= 0.6 is 0 Å². The molecule has 0 aliphatic rings. The predicted octanol–water partition coefficient (Wildman–Crippen LogP) is -2.22. The first-order valence-corrected chi connectivity index (χ1v) is 4.19. The summed E-state index contributed by atoms with van der Waals surface area (Å²) >= 11 is 0. The van der Waals surface area contributed by atoms with Gasteiger partial charge < -0.3 is 0 Å². The second-order valence-electron chi connectivity index (χ2n) is 0.896. The van der Waals surface area contributed by atoms with Crippen molar-refractivity contribution in [2.24, 2.45) is 0 Å². The first kappa shape index (κ1) is 23.2. The fourth-order valence-electron chi connectivity index (χ4n) is 0. The van der Waals surface area contributed by atoms with Crippen molar-refractivity contribution in [2.45, 2.75) is 0 Å². The molecule has 0 aromatic rings. The maximum Gasteiger partial charge on any atom is 0 e. The van der Waals surface area contributed by atoms with Crippen LogP contribution in [0.25, 0.3) is 0 Å². The molecule has 0 unspecified atom stereocenters. The van der Waals surface area contributed by atoms with E-state index in [2.05, 4.69) is 0 Å². The summed E-state index contributed by atoms with van der Waals surface area (Å²) in [5.74, 6) is 0. The SMILES string of the molecule is O=S(=O)(O)O.O=S(=O)(O)O.[SnH2].[Zn]. The Morgan fingerprint density at radius 1 is 0.667 bits per heavy atom. The maximum atomic E-state index is 8.74. The predicted molar refractivity (Wildman–Crippen MR) is 36.9 cm³/mol. The van der Waals surface area contributed by atoms with Gasteiger partial charge in [-0.2, -0.15) is 16.8 Å². The molecule has 0 saturated heterocycles. The number of rotatable bonds is 0. The van der Waals surface area contributed by atoms with Crippen LogP contribution in [0.3, 0.4) is 0 Å². The van der Waals surface area contributed by atoms with Gasteiger partial charge in [0, 0.05) is 19.5 Å². The first-order valence-electron chi connectivity index (χ1n) is 1.40. The van der Waals surface area contributed by atoms with Crippen LogP contribution in [0.4, 0.5) is 0 Å². The van der Waals surface area contributed by atoms with Crippen LogP contribution in [0.1, 0.15) is 0 Å². The first-order chi connectivity index (χ1) is 4.00. The molecule has 2 radical (unpaired) electrons. The van der Waals surface area contributed by atoms with Crippen molar-refractivity contribution in [1.29, 1.82) is 0 Å². The van der Waals surface area contributed by atoms with E-state index in [0.717, 1.165) is 0 Å². The molecule has 12 heavy (non-hydrogen) atoms. The number of hydrogen-bond acceptors (Lipinski definition) is 4. The molecule has 4 N–H and O–H groups in total. The summed E-state index contributed by atoms with van der Waals surface area (Å²) in [6.07, 6.45) is 0. The minimum Gasteiger partial charge on any atom is 0 e. The normalized spacial score (nSPS) is 9.67. The molecule has 0 atom stereocenters. The van der Waals surface area contributed by atoms with Crippen molar-refractivity contribution in [3.63, 3.8) is 0 Å². The van der Waals surface area contributed by atoms with E-state index in [9.17, 15) is 0 Å². The zero-order chi connectivity index (χ0) is 9.00. The Balaban J connectivity index is -0.0000000457. The molecule has 0 aromatic carbocycles. The summed E-state index contributed by atoms with van der Waals surface area (Å²) in [6, 6.07) is 0. The standard InChI is InChI=1S/2H2O4S.Sn.Zn.2H/c2*1-5(2,3)4;;;;/h2*(H2,1,2,3,4);;;;. The summed E-state index contributed by atoms with van der Waals surface area (Å²) in [4.78, 5) is 0. The van der Waals surface area contributed by atoms with Gasteiger partial charge in [-0.15, -0.1) is 0 Å². The maximum absolute atomic E-state index is 8.74. The second kappa shape index (κ2) is 8.75. The van der Waals surface area contributed by atoms with Crippen LogP contribution in [0.5, 0.6) is 0 Å². The van der Waals surface area contributed by atoms with Crippen molar-refractivity contribution in [2.75, 3.05) is 0 Å². The molecule has 0 heterocycles. The molecule has 0 aromatic heterocycles. The average molecular weight is 382 g/mol. The molecule has 0 spiro atoms. The van der Waals surface area contributed by atoms with E-state index in [1.165, 1.54) is 0 Å². The molecule has 0 bridgehead atoms. The van der Waals surface area contributed by atoms with Crippen molar-refractivity contribution in [3.05, 3.63) is 0 Å². The Labute approximate surface area is 98.6 Å². The third-order valence-electron chi connectivity index (χ3n) is 0. The quantitative estimate of drug-likeness (QED) is 0.272. The van der Waals surface area contributed by atoms with Crippen molar-refractivity contribution in [3.8, 4) is 0 Å². The van der Waals surface area contributed by atoms with E-state index < -0.39 is 20.8 Å². The van der Waals surface area contributed by atoms with Gasteiger partial charge in [-0.25, -0.2) is 0 Å². The Morgan fingerprint density at radius 2 is 0.667 bits per heavy atom. The molecule has 0 amide bonds. The van der Waals surface area contributed by atoms with Gasteiger partial charge in [0.15, 0.2) is 0 Å². The fourth-order valence-corrected chi connectivity index (χ4v) is 0. The van der Waals surface area contributed by atoms with Gasteiger partial charge in [-0.05, 0) is 0 Å².